The summed E-state index contributed by atoms with van der Waals surface area (Å²) in [6.45, 7) is 1.93. The van der Waals surface area contributed by atoms with Crippen molar-refractivity contribution in [1.82, 2.24) is 25.4 Å². The van der Waals surface area contributed by atoms with E-state index in [0.29, 0.717) is 17.9 Å². The fourth-order valence-corrected chi connectivity index (χ4v) is 2.14. The summed E-state index contributed by atoms with van der Waals surface area (Å²) < 4.78 is 6.49. The third-order valence-corrected chi connectivity index (χ3v) is 3.54. The maximum absolute atomic E-state index is 12.1. The van der Waals surface area contributed by atoms with Gasteiger partial charge in [-0.25, -0.2) is 9.67 Å². The van der Waals surface area contributed by atoms with Gasteiger partial charge in [0.25, 0.3) is 5.91 Å². The first-order valence-electron chi connectivity index (χ1n) is 7.69. The van der Waals surface area contributed by atoms with Gasteiger partial charge in [0.15, 0.2) is 5.82 Å². The zero-order valence-electron chi connectivity index (χ0n) is 13.5. The van der Waals surface area contributed by atoms with Crippen LogP contribution in [0.5, 0.6) is 0 Å². The largest absolute Gasteiger partial charge is 0.472 e. The van der Waals surface area contributed by atoms with Crippen molar-refractivity contribution in [2.75, 3.05) is 0 Å². The Bertz CT molecular complexity index is 826. The van der Waals surface area contributed by atoms with E-state index in [1.165, 1.54) is 18.6 Å². The van der Waals surface area contributed by atoms with Gasteiger partial charge >= 0.3 is 0 Å². The lowest BCUT2D eigenvalue weighted by Crippen LogP contribution is -2.44. The second kappa shape index (κ2) is 7.43. The maximum Gasteiger partial charge on any atom is 0.255 e. The average Bonchev–Trinajstić information content (AvgIpc) is 3.33. The van der Waals surface area contributed by atoms with Crippen LogP contribution in [-0.4, -0.2) is 32.6 Å². The molecule has 2 amide bonds. The topological polar surface area (TPSA) is 102 Å². The van der Waals surface area contributed by atoms with Gasteiger partial charge in [-0.3, -0.25) is 9.59 Å². The summed E-state index contributed by atoms with van der Waals surface area (Å²) >= 11 is 0. The molecular formula is C17H17N5O3. The van der Waals surface area contributed by atoms with Crippen LogP contribution in [0, 0.1) is 0 Å². The number of furan rings is 1. The van der Waals surface area contributed by atoms with E-state index in [1.54, 1.807) is 30.2 Å². The molecule has 3 heterocycles. The first-order chi connectivity index (χ1) is 12.1. The van der Waals surface area contributed by atoms with Crippen LogP contribution in [0.3, 0.4) is 0 Å². The van der Waals surface area contributed by atoms with Crippen LogP contribution in [0.15, 0.2) is 59.8 Å². The molecule has 0 bridgehead atoms. The highest BCUT2D eigenvalue weighted by molar-refractivity contribution is 5.97. The van der Waals surface area contributed by atoms with Crippen LogP contribution < -0.4 is 10.6 Å². The quantitative estimate of drug-likeness (QED) is 0.705. The molecule has 0 saturated heterocycles. The number of nitrogens with zero attached hydrogens (tertiary/aromatic N) is 3. The standard InChI is InChI=1S/C17H17N5O3/c1-12(21-17(24)14-5-8-25-11-14)16(23)19-10-13-3-4-15(18-9-13)22-7-2-6-20-22/h2-9,11-12H,10H2,1H3,(H,19,23)(H,21,24). The summed E-state index contributed by atoms with van der Waals surface area (Å²) in [5.74, 6) is 0.0514. The van der Waals surface area contributed by atoms with Gasteiger partial charge in [-0.05, 0) is 30.7 Å². The number of carbonyl (C=O) groups excluding carboxylic acids is 2. The molecule has 0 radical (unpaired) electrons. The van der Waals surface area contributed by atoms with E-state index in [1.807, 2.05) is 18.2 Å². The van der Waals surface area contributed by atoms with Gasteiger partial charge in [0.05, 0.1) is 11.8 Å². The highest BCUT2D eigenvalue weighted by atomic mass is 16.3. The fourth-order valence-electron chi connectivity index (χ4n) is 2.14. The highest BCUT2D eigenvalue weighted by Gasteiger charge is 2.16. The van der Waals surface area contributed by atoms with Crippen molar-refractivity contribution < 1.29 is 14.0 Å². The van der Waals surface area contributed by atoms with E-state index in [9.17, 15) is 9.59 Å². The summed E-state index contributed by atoms with van der Waals surface area (Å²) in [7, 11) is 0. The highest BCUT2D eigenvalue weighted by Crippen LogP contribution is 2.05. The molecule has 0 spiro atoms. The molecule has 8 heteroatoms. The number of hydrogen-bond acceptors (Lipinski definition) is 5. The Balaban J connectivity index is 1.50. The molecule has 25 heavy (non-hydrogen) atoms. The smallest absolute Gasteiger partial charge is 0.255 e. The van der Waals surface area contributed by atoms with Crippen LogP contribution in [-0.2, 0) is 11.3 Å². The Morgan fingerprint density at radius 3 is 2.84 bits per heavy atom. The van der Waals surface area contributed by atoms with E-state index in [-0.39, 0.29) is 11.8 Å². The number of amides is 2. The summed E-state index contributed by atoms with van der Waals surface area (Å²) in [4.78, 5) is 28.3. The van der Waals surface area contributed by atoms with Crippen LogP contribution in [0.25, 0.3) is 5.82 Å². The Kier molecular flexibility index (Phi) is 4.89. The van der Waals surface area contributed by atoms with E-state index in [0.717, 1.165) is 5.56 Å². The first kappa shape index (κ1) is 16.4. The fraction of sp³-hybridized carbons (Fsp3) is 0.176. The normalized spacial score (nSPS) is 11.7. The van der Waals surface area contributed by atoms with Gasteiger partial charge in [0.2, 0.25) is 5.91 Å². The van der Waals surface area contributed by atoms with Crippen LogP contribution >= 0.6 is 0 Å². The molecule has 3 rings (SSSR count). The number of nitrogens with one attached hydrogen (secondary N) is 2. The molecule has 2 N–H and O–H groups in total. The van der Waals surface area contributed by atoms with Crippen molar-refractivity contribution in [2.45, 2.75) is 19.5 Å². The molecule has 0 aromatic carbocycles. The molecule has 3 aromatic rings. The second-order valence-electron chi connectivity index (χ2n) is 5.40. The van der Waals surface area contributed by atoms with Crippen molar-refractivity contribution in [3.05, 3.63) is 66.5 Å². The van der Waals surface area contributed by atoms with Crippen molar-refractivity contribution in [1.29, 1.82) is 0 Å². The molecule has 1 atom stereocenters. The van der Waals surface area contributed by atoms with E-state index in [2.05, 4.69) is 20.7 Å². The zero-order chi connectivity index (χ0) is 17.6. The Labute approximate surface area is 143 Å². The molecule has 0 saturated carbocycles. The van der Waals surface area contributed by atoms with Gasteiger partial charge in [0.1, 0.15) is 12.3 Å². The van der Waals surface area contributed by atoms with Gasteiger partial charge in [-0.15, -0.1) is 0 Å². The lowest BCUT2D eigenvalue weighted by Gasteiger charge is -2.13. The number of carbonyl (C=O) groups is 2. The lowest BCUT2D eigenvalue weighted by molar-refractivity contribution is -0.122. The third-order valence-electron chi connectivity index (χ3n) is 3.54. The van der Waals surface area contributed by atoms with Crippen molar-refractivity contribution in [2.24, 2.45) is 0 Å². The van der Waals surface area contributed by atoms with Crippen molar-refractivity contribution in [3.8, 4) is 5.82 Å². The predicted octanol–water partition coefficient (Wildman–Crippen LogP) is 1.29. The summed E-state index contributed by atoms with van der Waals surface area (Å²) in [5.41, 5.74) is 1.22. The molecule has 3 aromatic heterocycles. The minimum absolute atomic E-state index is 0.284. The van der Waals surface area contributed by atoms with E-state index >= 15 is 0 Å². The Hall–Kier alpha value is -3.42. The number of aromatic nitrogens is 3. The van der Waals surface area contributed by atoms with Crippen molar-refractivity contribution in [3.63, 3.8) is 0 Å². The second-order valence-corrected chi connectivity index (χ2v) is 5.40. The van der Waals surface area contributed by atoms with Gasteiger partial charge in [-0.2, -0.15) is 5.10 Å². The molecule has 1 unspecified atom stereocenters. The number of hydrogen-bond donors (Lipinski definition) is 2. The van der Waals surface area contributed by atoms with Gasteiger partial charge in [-0.1, -0.05) is 6.07 Å². The third kappa shape index (κ3) is 4.11. The molecule has 0 aliphatic carbocycles. The predicted molar refractivity (Wildman–Crippen MR) is 88.8 cm³/mol. The lowest BCUT2D eigenvalue weighted by atomic mass is 10.2. The zero-order valence-corrected chi connectivity index (χ0v) is 13.5. The van der Waals surface area contributed by atoms with Gasteiger partial charge < -0.3 is 15.1 Å². The molecule has 8 nitrogen and oxygen atoms in total. The SMILES string of the molecule is CC(NC(=O)c1ccoc1)C(=O)NCc1ccc(-n2cccn2)nc1. The van der Waals surface area contributed by atoms with Gasteiger partial charge in [0, 0.05) is 25.1 Å². The van der Waals surface area contributed by atoms with E-state index < -0.39 is 6.04 Å². The minimum atomic E-state index is -0.668. The van der Waals surface area contributed by atoms with Crippen LogP contribution in [0.1, 0.15) is 22.8 Å². The molecular weight excluding hydrogens is 322 g/mol. The molecule has 0 aliphatic rings. The van der Waals surface area contributed by atoms with E-state index in [4.69, 9.17) is 4.42 Å². The summed E-state index contributed by atoms with van der Waals surface area (Å²) in [6.07, 6.45) is 7.88. The minimum Gasteiger partial charge on any atom is -0.472 e. The molecule has 128 valence electrons. The Morgan fingerprint density at radius 2 is 2.20 bits per heavy atom. The van der Waals surface area contributed by atoms with Crippen LogP contribution in [0.2, 0.25) is 0 Å². The molecule has 0 fully saturated rings. The van der Waals surface area contributed by atoms with Crippen LogP contribution in [0.4, 0.5) is 0 Å². The summed E-state index contributed by atoms with van der Waals surface area (Å²) in [5, 5.41) is 9.47. The first-order valence-corrected chi connectivity index (χ1v) is 7.69. The maximum atomic E-state index is 12.1. The molecule has 0 aliphatic heterocycles. The summed E-state index contributed by atoms with van der Waals surface area (Å²) in [6, 6.07) is 6.36. The Morgan fingerprint density at radius 1 is 1.32 bits per heavy atom. The number of rotatable bonds is 6. The van der Waals surface area contributed by atoms with Crippen molar-refractivity contribution >= 4 is 11.8 Å². The monoisotopic (exact) mass is 339 g/mol. The number of pyridine rings is 1. The average molecular weight is 339 g/mol.